The highest BCUT2D eigenvalue weighted by atomic mass is 32.2. The molecular weight excluding hydrogens is 362 g/mol. The van der Waals surface area contributed by atoms with Gasteiger partial charge in [-0.1, -0.05) is 32.0 Å². The van der Waals surface area contributed by atoms with Crippen LogP contribution in [0.4, 0.5) is 11.4 Å². The van der Waals surface area contributed by atoms with Gasteiger partial charge in [0.15, 0.2) is 0 Å². The fourth-order valence-electron chi connectivity index (χ4n) is 2.79. The summed E-state index contributed by atoms with van der Waals surface area (Å²) in [5.74, 6) is -0.112. The smallest absolute Gasteiger partial charge is 0.258 e. The molecule has 1 amide bonds. The topological polar surface area (TPSA) is 69.7 Å². The fraction of sp³-hybridized carbons (Fsp3) is 0.350. The molecule has 7 heteroatoms. The van der Waals surface area contributed by atoms with Crippen molar-refractivity contribution in [3.05, 3.63) is 60.2 Å². The Morgan fingerprint density at radius 1 is 0.926 bits per heavy atom. The van der Waals surface area contributed by atoms with E-state index >= 15 is 0 Å². The lowest BCUT2D eigenvalue weighted by Gasteiger charge is -2.27. The van der Waals surface area contributed by atoms with Gasteiger partial charge in [0.05, 0.1) is 6.26 Å². The molecule has 27 heavy (non-hydrogen) atoms. The predicted octanol–water partition coefficient (Wildman–Crippen LogP) is 3.05. The van der Waals surface area contributed by atoms with Crippen molar-refractivity contribution in [1.82, 2.24) is 4.90 Å². The number of rotatable bonds is 9. The van der Waals surface area contributed by atoms with Crippen LogP contribution in [0.25, 0.3) is 0 Å². The van der Waals surface area contributed by atoms with Crippen LogP contribution in [0, 0.1) is 0 Å². The average Bonchev–Trinajstić information content (AvgIpc) is 2.65. The number of benzene rings is 2. The standard InChI is InChI=1S/C20H27N3O3S/c1-4-22(5-2)15-16-23(19-9-7-6-8-10-19)20(24)17-11-13-18(14-12-17)21-27(3,25)26/h6-14,21H,4-5,15-16H2,1-3H3. The summed E-state index contributed by atoms with van der Waals surface area (Å²) < 4.78 is 25.1. The summed E-state index contributed by atoms with van der Waals surface area (Å²) in [6, 6.07) is 16.1. The molecule has 0 aliphatic rings. The monoisotopic (exact) mass is 389 g/mol. The number of carbonyl (C=O) groups is 1. The van der Waals surface area contributed by atoms with E-state index in [-0.39, 0.29) is 5.91 Å². The Labute approximate surface area is 161 Å². The Morgan fingerprint density at radius 3 is 2.04 bits per heavy atom. The molecule has 0 saturated heterocycles. The molecule has 0 unspecified atom stereocenters. The molecule has 2 aromatic rings. The molecule has 0 saturated carbocycles. The van der Waals surface area contributed by atoms with Crippen molar-refractivity contribution in [1.29, 1.82) is 0 Å². The summed E-state index contributed by atoms with van der Waals surface area (Å²) in [6.07, 6.45) is 1.09. The number of nitrogens with one attached hydrogen (secondary N) is 1. The van der Waals surface area contributed by atoms with E-state index in [0.29, 0.717) is 17.8 Å². The molecule has 0 aliphatic carbocycles. The Hall–Kier alpha value is -2.38. The minimum absolute atomic E-state index is 0.112. The quantitative estimate of drug-likeness (QED) is 0.716. The van der Waals surface area contributed by atoms with Gasteiger partial charge < -0.3 is 9.80 Å². The second-order valence-corrected chi connectivity index (χ2v) is 8.02. The number of carbonyl (C=O) groups excluding carboxylic acids is 1. The van der Waals surface area contributed by atoms with Gasteiger partial charge in [-0.2, -0.15) is 0 Å². The molecule has 0 heterocycles. The highest BCUT2D eigenvalue weighted by molar-refractivity contribution is 7.92. The van der Waals surface area contributed by atoms with Crippen LogP contribution in [-0.2, 0) is 10.0 Å². The predicted molar refractivity (Wildman–Crippen MR) is 111 cm³/mol. The van der Waals surface area contributed by atoms with Crippen LogP contribution in [-0.4, -0.2) is 51.7 Å². The lowest BCUT2D eigenvalue weighted by molar-refractivity contribution is 0.0984. The fourth-order valence-corrected chi connectivity index (χ4v) is 3.35. The van der Waals surface area contributed by atoms with E-state index in [1.54, 1.807) is 29.2 Å². The highest BCUT2D eigenvalue weighted by Crippen LogP contribution is 2.18. The number of anilines is 2. The minimum atomic E-state index is -3.34. The maximum atomic E-state index is 13.1. The maximum absolute atomic E-state index is 13.1. The van der Waals surface area contributed by atoms with Gasteiger partial charge in [0.1, 0.15) is 0 Å². The normalized spacial score (nSPS) is 11.4. The molecule has 0 spiro atoms. The molecule has 0 radical (unpaired) electrons. The Bertz CT molecular complexity index is 833. The number of amides is 1. The van der Waals surface area contributed by atoms with Crippen molar-refractivity contribution in [2.75, 3.05) is 42.1 Å². The van der Waals surface area contributed by atoms with Crippen molar-refractivity contribution in [3.8, 4) is 0 Å². The number of para-hydroxylation sites is 1. The van der Waals surface area contributed by atoms with Crippen LogP contribution in [0.3, 0.4) is 0 Å². The Morgan fingerprint density at radius 2 is 1.52 bits per heavy atom. The first kappa shape index (κ1) is 20.9. The third kappa shape index (κ3) is 6.37. The molecule has 0 fully saturated rings. The minimum Gasteiger partial charge on any atom is -0.307 e. The molecule has 1 N–H and O–H groups in total. The number of hydrogen-bond acceptors (Lipinski definition) is 4. The SMILES string of the molecule is CCN(CC)CCN(C(=O)c1ccc(NS(C)(=O)=O)cc1)c1ccccc1. The van der Waals surface area contributed by atoms with Crippen molar-refractivity contribution in [2.45, 2.75) is 13.8 Å². The Balaban J connectivity index is 2.22. The number of sulfonamides is 1. The molecule has 146 valence electrons. The molecule has 2 rings (SSSR count). The van der Waals surface area contributed by atoms with Gasteiger partial charge in [-0.05, 0) is 49.5 Å². The van der Waals surface area contributed by atoms with E-state index in [1.807, 2.05) is 30.3 Å². The third-order valence-electron chi connectivity index (χ3n) is 4.28. The molecule has 0 aliphatic heterocycles. The van der Waals surface area contributed by atoms with Crippen molar-refractivity contribution in [2.24, 2.45) is 0 Å². The van der Waals surface area contributed by atoms with E-state index in [1.165, 1.54) is 0 Å². The van der Waals surface area contributed by atoms with Crippen molar-refractivity contribution < 1.29 is 13.2 Å². The molecule has 0 atom stereocenters. The van der Waals surface area contributed by atoms with Crippen LogP contribution >= 0.6 is 0 Å². The first-order chi connectivity index (χ1) is 12.8. The van der Waals surface area contributed by atoms with Crippen LogP contribution < -0.4 is 9.62 Å². The zero-order chi connectivity index (χ0) is 19.9. The molecular formula is C20H27N3O3S. The van der Waals surface area contributed by atoms with Crippen LogP contribution in [0.2, 0.25) is 0 Å². The first-order valence-corrected chi connectivity index (χ1v) is 10.9. The van der Waals surface area contributed by atoms with E-state index in [2.05, 4.69) is 23.5 Å². The zero-order valence-corrected chi connectivity index (χ0v) is 16.9. The van der Waals surface area contributed by atoms with Crippen molar-refractivity contribution >= 4 is 27.3 Å². The first-order valence-electron chi connectivity index (χ1n) is 9.01. The second-order valence-electron chi connectivity index (χ2n) is 6.27. The summed E-state index contributed by atoms with van der Waals surface area (Å²) in [6.45, 7) is 7.42. The molecule has 6 nitrogen and oxygen atoms in total. The van der Waals surface area contributed by atoms with Gasteiger partial charge in [-0.15, -0.1) is 0 Å². The van der Waals surface area contributed by atoms with E-state index in [4.69, 9.17) is 0 Å². The van der Waals surface area contributed by atoms with Gasteiger partial charge in [0, 0.05) is 30.0 Å². The molecule has 2 aromatic carbocycles. The van der Waals surface area contributed by atoms with Gasteiger partial charge in [0.2, 0.25) is 10.0 Å². The summed E-state index contributed by atoms with van der Waals surface area (Å²) in [4.78, 5) is 17.1. The van der Waals surface area contributed by atoms with E-state index in [0.717, 1.165) is 31.6 Å². The van der Waals surface area contributed by atoms with Crippen LogP contribution in [0.5, 0.6) is 0 Å². The lowest BCUT2D eigenvalue weighted by Crippen LogP contribution is -2.38. The second kappa shape index (κ2) is 9.53. The van der Waals surface area contributed by atoms with Gasteiger partial charge in [-0.25, -0.2) is 8.42 Å². The summed E-state index contributed by atoms with van der Waals surface area (Å²) in [5, 5.41) is 0. The molecule has 0 bridgehead atoms. The van der Waals surface area contributed by atoms with Gasteiger partial charge in [0.25, 0.3) is 5.91 Å². The summed E-state index contributed by atoms with van der Waals surface area (Å²) in [5.41, 5.74) is 1.79. The maximum Gasteiger partial charge on any atom is 0.258 e. The van der Waals surface area contributed by atoms with Gasteiger partial charge in [-0.3, -0.25) is 9.52 Å². The van der Waals surface area contributed by atoms with E-state index in [9.17, 15) is 13.2 Å². The highest BCUT2D eigenvalue weighted by Gasteiger charge is 2.18. The lowest BCUT2D eigenvalue weighted by atomic mass is 10.1. The molecule has 0 aromatic heterocycles. The average molecular weight is 390 g/mol. The summed E-state index contributed by atoms with van der Waals surface area (Å²) >= 11 is 0. The summed E-state index contributed by atoms with van der Waals surface area (Å²) in [7, 11) is -3.34. The van der Waals surface area contributed by atoms with Crippen LogP contribution in [0.1, 0.15) is 24.2 Å². The van der Waals surface area contributed by atoms with Gasteiger partial charge >= 0.3 is 0 Å². The number of nitrogens with zero attached hydrogens (tertiary/aromatic N) is 2. The Kier molecular flexibility index (Phi) is 7.38. The number of hydrogen-bond donors (Lipinski definition) is 1. The third-order valence-corrected chi connectivity index (χ3v) is 4.89. The van der Waals surface area contributed by atoms with E-state index < -0.39 is 10.0 Å². The van der Waals surface area contributed by atoms with Crippen molar-refractivity contribution in [3.63, 3.8) is 0 Å². The zero-order valence-electron chi connectivity index (χ0n) is 16.1. The van der Waals surface area contributed by atoms with Crippen LogP contribution in [0.15, 0.2) is 54.6 Å². The largest absolute Gasteiger partial charge is 0.307 e. The number of likely N-dealkylation sites (N-methyl/N-ethyl adjacent to an activating group) is 1.